The van der Waals surface area contributed by atoms with Gasteiger partial charge in [-0.05, 0) is 24.1 Å². The molecule has 1 N–H and O–H groups in total. The zero-order valence-electron chi connectivity index (χ0n) is 8.77. The minimum absolute atomic E-state index is 0.116. The molecule has 0 heterocycles. The van der Waals surface area contributed by atoms with Crippen molar-refractivity contribution in [1.82, 2.24) is 0 Å². The van der Waals surface area contributed by atoms with Gasteiger partial charge in [-0.25, -0.2) is 0 Å². The van der Waals surface area contributed by atoms with Gasteiger partial charge in [0.2, 0.25) is 0 Å². The van der Waals surface area contributed by atoms with Crippen molar-refractivity contribution in [2.75, 3.05) is 0 Å². The lowest BCUT2D eigenvalue weighted by molar-refractivity contribution is -0.136. The van der Waals surface area contributed by atoms with Crippen LogP contribution in [0, 0.1) is 11.8 Å². The summed E-state index contributed by atoms with van der Waals surface area (Å²) in [5.74, 6) is 4.75. The van der Waals surface area contributed by atoms with Gasteiger partial charge in [-0.1, -0.05) is 24.0 Å². The number of aldehydes is 1. The van der Waals surface area contributed by atoms with Crippen LogP contribution in [-0.2, 0) is 16.0 Å². The van der Waals surface area contributed by atoms with Crippen molar-refractivity contribution in [3.8, 4) is 11.8 Å². The van der Waals surface area contributed by atoms with Crippen molar-refractivity contribution in [2.24, 2.45) is 0 Å². The van der Waals surface area contributed by atoms with Crippen molar-refractivity contribution in [3.63, 3.8) is 0 Å². The molecular weight excluding hydrogens is 204 g/mol. The van der Waals surface area contributed by atoms with Gasteiger partial charge in [0.15, 0.2) is 0 Å². The number of rotatable bonds is 4. The van der Waals surface area contributed by atoms with Gasteiger partial charge in [0.05, 0.1) is 6.42 Å². The van der Waals surface area contributed by atoms with Gasteiger partial charge >= 0.3 is 5.97 Å². The molecule has 16 heavy (non-hydrogen) atoms. The summed E-state index contributed by atoms with van der Waals surface area (Å²) < 4.78 is 0. The molecule has 3 nitrogen and oxygen atoms in total. The Morgan fingerprint density at radius 1 is 1.44 bits per heavy atom. The Labute approximate surface area is 94.1 Å². The SMILES string of the molecule is O=CCC#Cc1cccc(CCC(=O)O)c1. The molecule has 0 aliphatic carbocycles. The smallest absolute Gasteiger partial charge is 0.303 e. The molecule has 0 fully saturated rings. The van der Waals surface area contributed by atoms with Crippen molar-refractivity contribution >= 4 is 12.3 Å². The molecule has 3 heteroatoms. The van der Waals surface area contributed by atoms with Gasteiger partial charge in [0, 0.05) is 12.0 Å². The second kappa shape index (κ2) is 6.41. The Hall–Kier alpha value is -2.08. The second-order valence-electron chi connectivity index (χ2n) is 3.27. The largest absolute Gasteiger partial charge is 0.481 e. The fraction of sp³-hybridized carbons (Fsp3) is 0.231. The molecule has 0 saturated carbocycles. The fourth-order valence-electron chi connectivity index (χ4n) is 1.25. The van der Waals surface area contributed by atoms with Gasteiger partial charge in [0.25, 0.3) is 0 Å². The summed E-state index contributed by atoms with van der Waals surface area (Å²) in [7, 11) is 0. The number of benzene rings is 1. The number of hydrogen-bond donors (Lipinski definition) is 1. The topological polar surface area (TPSA) is 54.4 Å². The monoisotopic (exact) mass is 216 g/mol. The van der Waals surface area contributed by atoms with E-state index in [0.717, 1.165) is 17.4 Å². The van der Waals surface area contributed by atoms with Gasteiger partial charge in [-0.3, -0.25) is 4.79 Å². The van der Waals surface area contributed by atoms with Crippen LogP contribution in [0.1, 0.15) is 24.0 Å². The molecule has 0 unspecified atom stereocenters. The van der Waals surface area contributed by atoms with E-state index in [9.17, 15) is 9.59 Å². The maximum absolute atomic E-state index is 10.4. The van der Waals surface area contributed by atoms with Crippen molar-refractivity contribution in [3.05, 3.63) is 35.4 Å². The molecule has 1 aromatic carbocycles. The van der Waals surface area contributed by atoms with E-state index < -0.39 is 5.97 Å². The Bertz CT molecular complexity index is 438. The molecule has 0 saturated heterocycles. The highest BCUT2D eigenvalue weighted by Gasteiger charge is 1.99. The summed E-state index contributed by atoms with van der Waals surface area (Å²) in [6, 6.07) is 7.39. The number of carboxylic acids is 1. The van der Waals surface area contributed by atoms with Crippen molar-refractivity contribution in [1.29, 1.82) is 0 Å². The van der Waals surface area contributed by atoms with Gasteiger partial charge < -0.3 is 9.90 Å². The van der Waals surface area contributed by atoms with Crippen LogP contribution in [0.5, 0.6) is 0 Å². The number of carboxylic acid groups (broad SMARTS) is 1. The molecule has 0 spiro atoms. The van der Waals surface area contributed by atoms with E-state index in [-0.39, 0.29) is 12.8 Å². The number of hydrogen-bond acceptors (Lipinski definition) is 2. The highest BCUT2D eigenvalue weighted by Crippen LogP contribution is 2.06. The van der Waals surface area contributed by atoms with Crippen LogP contribution >= 0.6 is 0 Å². The molecule has 82 valence electrons. The molecule has 1 rings (SSSR count). The third-order valence-electron chi connectivity index (χ3n) is 1.97. The summed E-state index contributed by atoms with van der Waals surface area (Å²) in [4.78, 5) is 20.5. The Kier molecular flexibility index (Phi) is 4.81. The first-order valence-electron chi connectivity index (χ1n) is 4.95. The molecule has 0 atom stereocenters. The fourth-order valence-corrected chi connectivity index (χ4v) is 1.25. The van der Waals surface area contributed by atoms with Crippen molar-refractivity contribution in [2.45, 2.75) is 19.3 Å². The molecule has 0 bridgehead atoms. The lowest BCUT2D eigenvalue weighted by Gasteiger charge is -1.98. The van der Waals surface area contributed by atoms with E-state index in [1.165, 1.54) is 0 Å². The number of carbonyl (C=O) groups is 2. The molecule has 0 radical (unpaired) electrons. The average Bonchev–Trinajstić information content (AvgIpc) is 2.27. The van der Waals surface area contributed by atoms with Gasteiger partial charge in [0.1, 0.15) is 6.29 Å². The molecule has 0 aliphatic rings. The van der Waals surface area contributed by atoms with Crippen LogP contribution < -0.4 is 0 Å². The van der Waals surface area contributed by atoms with E-state index in [1.807, 2.05) is 24.3 Å². The standard InChI is InChI=1S/C13H12O3/c14-9-2-1-4-11-5-3-6-12(10-11)7-8-13(15)16/h3,5-6,9-10H,2,7-8H2,(H,15,16). The minimum atomic E-state index is -0.808. The summed E-state index contributed by atoms with van der Waals surface area (Å²) in [6.45, 7) is 0. The van der Waals surface area contributed by atoms with Gasteiger partial charge in [-0.2, -0.15) is 0 Å². The number of aryl methyl sites for hydroxylation is 1. The van der Waals surface area contributed by atoms with Crippen LogP contribution in [0.15, 0.2) is 24.3 Å². The predicted molar refractivity (Wildman–Crippen MR) is 60.0 cm³/mol. The van der Waals surface area contributed by atoms with E-state index in [0.29, 0.717) is 6.42 Å². The first-order valence-corrected chi connectivity index (χ1v) is 4.95. The zero-order chi connectivity index (χ0) is 11.8. The quantitative estimate of drug-likeness (QED) is 0.615. The van der Waals surface area contributed by atoms with E-state index >= 15 is 0 Å². The van der Waals surface area contributed by atoms with Crippen LogP contribution in [0.4, 0.5) is 0 Å². The highest BCUT2D eigenvalue weighted by atomic mass is 16.4. The summed E-state index contributed by atoms with van der Waals surface area (Å²) >= 11 is 0. The minimum Gasteiger partial charge on any atom is -0.481 e. The molecule has 1 aromatic rings. The van der Waals surface area contributed by atoms with Crippen LogP contribution in [0.3, 0.4) is 0 Å². The number of carbonyl (C=O) groups excluding carboxylic acids is 1. The Balaban J connectivity index is 2.68. The average molecular weight is 216 g/mol. The molecule has 0 aliphatic heterocycles. The van der Waals surface area contributed by atoms with E-state index in [2.05, 4.69) is 11.8 Å². The molecule has 0 amide bonds. The van der Waals surface area contributed by atoms with Crippen molar-refractivity contribution < 1.29 is 14.7 Å². The first kappa shape index (κ1) is 12.0. The number of aliphatic carboxylic acids is 1. The third-order valence-corrected chi connectivity index (χ3v) is 1.97. The highest BCUT2D eigenvalue weighted by molar-refractivity contribution is 5.67. The lowest BCUT2D eigenvalue weighted by Crippen LogP contribution is -1.97. The Morgan fingerprint density at radius 3 is 2.94 bits per heavy atom. The third kappa shape index (κ3) is 4.43. The summed E-state index contributed by atoms with van der Waals surface area (Å²) in [6.07, 6.45) is 1.59. The van der Waals surface area contributed by atoms with E-state index in [4.69, 9.17) is 5.11 Å². The van der Waals surface area contributed by atoms with Crippen LogP contribution in [0.25, 0.3) is 0 Å². The van der Waals surface area contributed by atoms with Crippen LogP contribution in [0.2, 0.25) is 0 Å². The molecule has 0 aromatic heterocycles. The summed E-state index contributed by atoms with van der Waals surface area (Å²) in [5.41, 5.74) is 1.75. The normalized spacial score (nSPS) is 9.00. The van der Waals surface area contributed by atoms with E-state index in [1.54, 1.807) is 0 Å². The molecular formula is C13H12O3. The lowest BCUT2D eigenvalue weighted by atomic mass is 10.1. The first-order chi connectivity index (χ1) is 7.72. The predicted octanol–water partition coefficient (Wildman–Crippen LogP) is 1.64. The Morgan fingerprint density at radius 2 is 2.25 bits per heavy atom. The summed E-state index contributed by atoms with van der Waals surface area (Å²) in [5, 5.41) is 8.55. The maximum Gasteiger partial charge on any atom is 0.303 e. The second-order valence-corrected chi connectivity index (χ2v) is 3.27. The maximum atomic E-state index is 10.4. The zero-order valence-corrected chi connectivity index (χ0v) is 8.77. The van der Waals surface area contributed by atoms with Gasteiger partial charge in [-0.15, -0.1) is 0 Å². The van der Waals surface area contributed by atoms with Crippen LogP contribution in [-0.4, -0.2) is 17.4 Å².